The zero-order valence-corrected chi connectivity index (χ0v) is 36.7. The van der Waals surface area contributed by atoms with E-state index >= 15 is 0 Å². The number of carbonyl (C=O) groups excluding carboxylic acids is 3. The highest BCUT2D eigenvalue weighted by Crippen LogP contribution is 2.35. The number of piperidine rings is 2. The summed E-state index contributed by atoms with van der Waals surface area (Å²) in [5.74, 6) is -0.170. The summed E-state index contributed by atoms with van der Waals surface area (Å²) >= 11 is 6.58. The summed E-state index contributed by atoms with van der Waals surface area (Å²) < 4.78 is 15.6. The Morgan fingerprint density at radius 1 is 0.952 bits per heavy atom. The topological polar surface area (TPSA) is 194 Å². The lowest BCUT2D eigenvalue weighted by molar-refractivity contribution is -0.134. The zero-order chi connectivity index (χ0) is 43.9. The highest BCUT2D eigenvalue weighted by molar-refractivity contribution is 6.33. The first-order chi connectivity index (χ1) is 30.4. The quantitative estimate of drug-likeness (QED) is 0.152. The van der Waals surface area contributed by atoms with Gasteiger partial charge in [-0.3, -0.25) is 38.6 Å². The molecule has 3 amide bonds. The third-order valence-electron chi connectivity index (χ3n) is 12.8. The number of hydrogen-bond donors (Lipinski definition) is 3. The van der Waals surface area contributed by atoms with Gasteiger partial charge in [0.05, 0.1) is 47.4 Å². The smallest absolute Gasteiger partial charge is 0.294 e. The second kappa shape index (κ2) is 17.7. The molecule has 332 valence electrons. The molecule has 4 fully saturated rings. The van der Waals surface area contributed by atoms with Crippen molar-refractivity contribution in [2.45, 2.75) is 82.6 Å². The average Bonchev–Trinajstić information content (AvgIpc) is 3.59. The molecule has 3 aliphatic heterocycles. The molecule has 4 aromatic heterocycles. The number of pyridine rings is 2. The molecule has 1 aliphatic carbocycles. The second-order valence-electron chi connectivity index (χ2n) is 17.2. The largest absolute Gasteiger partial charge is 0.478 e. The molecule has 7 heterocycles. The van der Waals surface area contributed by atoms with E-state index in [1.165, 1.54) is 7.05 Å². The van der Waals surface area contributed by atoms with Crippen LogP contribution in [0.5, 0.6) is 5.75 Å². The summed E-state index contributed by atoms with van der Waals surface area (Å²) in [4.78, 5) is 70.5. The van der Waals surface area contributed by atoms with Crippen LogP contribution >= 0.6 is 11.6 Å². The zero-order valence-electron chi connectivity index (χ0n) is 36.0. The van der Waals surface area contributed by atoms with Crippen molar-refractivity contribution in [3.63, 3.8) is 0 Å². The van der Waals surface area contributed by atoms with Crippen LogP contribution in [0.4, 0.5) is 23.1 Å². The number of ether oxygens (including phenoxy) is 2. The van der Waals surface area contributed by atoms with Crippen LogP contribution in [0, 0.1) is 0 Å². The molecule has 19 heteroatoms. The van der Waals surface area contributed by atoms with Crippen molar-refractivity contribution in [3.8, 4) is 5.75 Å². The third kappa shape index (κ3) is 8.75. The predicted molar refractivity (Wildman–Crippen MR) is 239 cm³/mol. The first-order valence-electron chi connectivity index (χ1n) is 21.8. The van der Waals surface area contributed by atoms with Gasteiger partial charge in [0.2, 0.25) is 17.8 Å². The molecule has 3 saturated heterocycles. The van der Waals surface area contributed by atoms with Crippen LogP contribution in [-0.2, 0) is 26.2 Å². The highest BCUT2D eigenvalue weighted by atomic mass is 35.5. The fraction of sp³-hybridized carbons (Fsp3) is 0.500. The Balaban J connectivity index is 0.751. The van der Waals surface area contributed by atoms with Gasteiger partial charge in [0.15, 0.2) is 18.2 Å². The van der Waals surface area contributed by atoms with Gasteiger partial charge in [0.1, 0.15) is 10.7 Å². The molecule has 0 radical (unpaired) electrons. The van der Waals surface area contributed by atoms with E-state index in [2.05, 4.69) is 58.8 Å². The first kappa shape index (κ1) is 42.5. The molecule has 1 aromatic carbocycles. The molecule has 18 nitrogen and oxygen atoms in total. The Hall–Kier alpha value is -5.85. The Kier molecular flexibility index (Phi) is 11.9. The molecule has 1 atom stereocenters. The second-order valence-corrected chi connectivity index (χ2v) is 17.6. The number of halogens is 1. The molecule has 0 spiro atoms. The van der Waals surface area contributed by atoms with Crippen LogP contribution in [0.15, 0.2) is 47.5 Å². The SMILES string of the molecule is CNC(=O)COc1cc2cc(Nc3nc(N4CCC(OC5CC(N6CCN(c7ccc8c([C@H]9CCC(=O)NC9=O)nn(C)c8c7)CC6)C5)CC4)ncc3Cl)cnc2n(C(C)C)c1=O. The molecule has 9 rings (SSSR count). The van der Waals surface area contributed by atoms with E-state index in [1.54, 1.807) is 23.0 Å². The fourth-order valence-corrected chi connectivity index (χ4v) is 9.38. The number of hydrogen-bond acceptors (Lipinski definition) is 14. The minimum atomic E-state index is -0.412. The number of amides is 3. The van der Waals surface area contributed by atoms with Crippen LogP contribution in [0.3, 0.4) is 0 Å². The van der Waals surface area contributed by atoms with E-state index in [0.717, 1.165) is 87.2 Å². The molecule has 4 aliphatic rings. The van der Waals surface area contributed by atoms with E-state index in [4.69, 9.17) is 31.2 Å². The van der Waals surface area contributed by atoms with E-state index in [0.29, 0.717) is 52.4 Å². The molecule has 3 N–H and O–H groups in total. The Bertz CT molecular complexity index is 2610. The van der Waals surface area contributed by atoms with Crippen molar-refractivity contribution in [1.29, 1.82) is 0 Å². The number of carbonyl (C=O) groups is 3. The Morgan fingerprint density at radius 2 is 1.73 bits per heavy atom. The summed E-state index contributed by atoms with van der Waals surface area (Å²) in [7, 11) is 3.42. The van der Waals surface area contributed by atoms with Gasteiger partial charge in [-0.2, -0.15) is 10.1 Å². The van der Waals surface area contributed by atoms with Crippen molar-refractivity contribution in [3.05, 3.63) is 63.8 Å². The normalized spacial score (nSPS) is 21.2. The lowest BCUT2D eigenvalue weighted by Gasteiger charge is -2.47. The average molecular weight is 881 g/mol. The first-order valence-corrected chi connectivity index (χ1v) is 22.2. The number of benzene rings is 1. The molecule has 1 saturated carbocycles. The van der Waals surface area contributed by atoms with Crippen LogP contribution in [0.2, 0.25) is 5.02 Å². The van der Waals surface area contributed by atoms with Gasteiger partial charge >= 0.3 is 0 Å². The molecular weight excluding hydrogens is 828 g/mol. The maximum atomic E-state index is 13.2. The number of aryl methyl sites for hydroxylation is 1. The van der Waals surface area contributed by atoms with Gasteiger partial charge in [-0.15, -0.1) is 0 Å². The van der Waals surface area contributed by atoms with Crippen LogP contribution in [0.25, 0.3) is 21.9 Å². The maximum Gasteiger partial charge on any atom is 0.294 e. The molecule has 5 aromatic rings. The minimum Gasteiger partial charge on any atom is -0.478 e. The summed E-state index contributed by atoms with van der Waals surface area (Å²) in [6.07, 6.45) is 8.33. The van der Waals surface area contributed by atoms with Crippen LogP contribution in [-0.4, -0.2) is 123 Å². The number of nitrogens with zero attached hydrogens (tertiary/aromatic N) is 9. The molecule has 0 bridgehead atoms. The lowest BCUT2D eigenvalue weighted by atomic mass is 9.87. The number of fused-ring (bicyclic) bond motifs is 2. The fourth-order valence-electron chi connectivity index (χ4n) is 9.24. The van der Waals surface area contributed by atoms with Gasteiger partial charge in [-0.25, -0.2) is 9.97 Å². The predicted octanol–water partition coefficient (Wildman–Crippen LogP) is 4.03. The number of nitrogens with one attached hydrogen (secondary N) is 3. The Morgan fingerprint density at radius 3 is 2.46 bits per heavy atom. The summed E-state index contributed by atoms with van der Waals surface area (Å²) in [6, 6.07) is 10.1. The number of piperazine rings is 1. The van der Waals surface area contributed by atoms with E-state index < -0.39 is 5.92 Å². The van der Waals surface area contributed by atoms with Crippen LogP contribution < -0.4 is 36.0 Å². The van der Waals surface area contributed by atoms with Gasteiger partial charge in [0, 0.05) is 88.3 Å². The number of likely N-dealkylation sites (N-methyl/N-ethyl adjacent to an activating group) is 1. The number of imide groups is 1. The van der Waals surface area contributed by atoms with Crippen molar-refractivity contribution in [1.82, 2.24) is 44.8 Å². The van der Waals surface area contributed by atoms with Crippen molar-refractivity contribution in [2.75, 3.05) is 68.0 Å². The standard InChI is InChI=1S/C44H53ClN12O6/c1-25(2)57-41-26(18-36(43(57)61)62-24-38(59)46-3)17-27(22-47-41)49-40-34(45)23-48-44(51-40)56-11-9-30(10-12-56)63-31-19-29(20-31)55-15-13-54(14-16-55)28-5-6-32-35(21-28)53(4)52-39(32)33-7-8-37(58)50-42(33)60/h5-6,17-18,21-23,25,29-31,33H,7-16,19-20,24H2,1-4H3,(H,46,59)(H,48,49,51)(H,50,58,60)/t29?,31?,33-/m1/s1. The highest BCUT2D eigenvalue weighted by Gasteiger charge is 2.38. The van der Waals surface area contributed by atoms with E-state index in [9.17, 15) is 19.2 Å². The van der Waals surface area contributed by atoms with Gasteiger partial charge < -0.3 is 29.9 Å². The van der Waals surface area contributed by atoms with Gasteiger partial charge in [0.25, 0.3) is 11.5 Å². The number of aromatic nitrogens is 6. The molecule has 63 heavy (non-hydrogen) atoms. The van der Waals surface area contributed by atoms with Crippen molar-refractivity contribution < 1.29 is 23.9 Å². The van der Waals surface area contributed by atoms with Gasteiger partial charge in [-0.1, -0.05) is 11.6 Å². The number of anilines is 4. The molecule has 0 unspecified atom stereocenters. The van der Waals surface area contributed by atoms with E-state index in [1.807, 2.05) is 31.6 Å². The Labute approximate surface area is 369 Å². The van der Waals surface area contributed by atoms with Crippen molar-refractivity contribution in [2.24, 2.45) is 7.05 Å². The van der Waals surface area contributed by atoms with Gasteiger partial charge in [-0.05, 0) is 76.3 Å². The monoisotopic (exact) mass is 880 g/mol. The van der Waals surface area contributed by atoms with E-state index in [-0.39, 0.29) is 53.9 Å². The third-order valence-corrected chi connectivity index (χ3v) is 13.1. The maximum absolute atomic E-state index is 13.2. The summed E-state index contributed by atoms with van der Waals surface area (Å²) in [5, 5.41) is 14.9. The van der Waals surface area contributed by atoms with Crippen molar-refractivity contribution >= 4 is 74.4 Å². The summed E-state index contributed by atoms with van der Waals surface area (Å²) in [6.45, 7) is 8.88. The van der Waals surface area contributed by atoms with Crippen LogP contribution in [0.1, 0.15) is 70.0 Å². The lowest BCUT2D eigenvalue weighted by Crippen LogP contribution is -2.56. The summed E-state index contributed by atoms with van der Waals surface area (Å²) in [5.41, 5.74) is 3.62. The number of rotatable bonds is 12. The minimum absolute atomic E-state index is 0.0585. The molecular formula is C44H53ClN12O6.